The highest BCUT2D eigenvalue weighted by Crippen LogP contribution is 2.14. The molecule has 2 heterocycles. The topological polar surface area (TPSA) is 54.9 Å². The summed E-state index contributed by atoms with van der Waals surface area (Å²) in [6.45, 7) is 0.510. The minimum atomic E-state index is -0.362. The Morgan fingerprint density at radius 3 is 3.00 bits per heavy atom. The number of H-pyrrole nitrogens is 1. The molecular weight excluding hydrogens is 220 g/mol. The number of hydrogen-bond donors (Lipinski definition) is 2. The molecule has 0 saturated heterocycles. The van der Waals surface area contributed by atoms with Crippen LogP contribution in [0.1, 0.15) is 0 Å². The normalized spacial score (nSPS) is 10.9. The van der Waals surface area contributed by atoms with Gasteiger partial charge in [-0.3, -0.25) is 14.3 Å². The van der Waals surface area contributed by atoms with Gasteiger partial charge in [0.15, 0.2) is 0 Å². The highest BCUT2D eigenvalue weighted by Gasteiger charge is 2.06. The van der Waals surface area contributed by atoms with E-state index < -0.39 is 0 Å². The molecule has 0 aliphatic rings. The average Bonchev–Trinajstić information content (AvgIpc) is 2.60. The Morgan fingerprint density at radius 1 is 1.50 bits per heavy atom. The Bertz CT molecular complexity index is 566. The van der Waals surface area contributed by atoms with Crippen LogP contribution >= 0.6 is 24.0 Å². The number of rotatable bonds is 2. The van der Waals surface area contributed by atoms with E-state index in [1.54, 1.807) is 11.4 Å². The lowest BCUT2D eigenvalue weighted by molar-refractivity contribution is 0.741. The van der Waals surface area contributed by atoms with Gasteiger partial charge >= 0.3 is 5.69 Å². The van der Waals surface area contributed by atoms with E-state index in [2.05, 4.69) is 17.6 Å². The predicted octanol–water partition coefficient (Wildman–Crippen LogP) is 0.681. The molecule has 6 heteroatoms. The maximum absolute atomic E-state index is 11.4. The first kappa shape index (κ1) is 9.54. The number of fused-ring (bicyclic) bond motifs is 1. The van der Waals surface area contributed by atoms with Gasteiger partial charge in [-0.1, -0.05) is 0 Å². The summed E-state index contributed by atoms with van der Waals surface area (Å²) in [6, 6.07) is 1.72. The number of nitrogens with one attached hydrogen (secondary N) is 1. The van der Waals surface area contributed by atoms with Gasteiger partial charge in [0.05, 0.1) is 5.39 Å². The van der Waals surface area contributed by atoms with E-state index in [9.17, 15) is 9.59 Å². The molecule has 0 saturated carbocycles. The second-order valence-corrected chi connectivity index (χ2v) is 4.12. The minimum absolute atomic E-state index is 0.318. The molecule has 0 spiro atoms. The van der Waals surface area contributed by atoms with Crippen molar-refractivity contribution in [3.63, 3.8) is 0 Å². The van der Waals surface area contributed by atoms with Gasteiger partial charge in [0.1, 0.15) is 4.83 Å². The third-order valence-electron chi connectivity index (χ3n) is 1.92. The van der Waals surface area contributed by atoms with Crippen molar-refractivity contribution in [1.82, 2.24) is 9.55 Å². The van der Waals surface area contributed by atoms with Crippen LogP contribution in [0.2, 0.25) is 0 Å². The molecule has 14 heavy (non-hydrogen) atoms. The number of aryl methyl sites for hydroxylation is 1. The van der Waals surface area contributed by atoms with Crippen molar-refractivity contribution in [3.8, 4) is 0 Å². The lowest BCUT2D eigenvalue weighted by Crippen LogP contribution is -2.29. The van der Waals surface area contributed by atoms with Crippen LogP contribution in [0.15, 0.2) is 21.0 Å². The molecule has 2 rings (SSSR count). The largest absolute Gasteiger partial charge is 0.329 e. The molecule has 0 aliphatic heterocycles. The van der Waals surface area contributed by atoms with E-state index in [0.29, 0.717) is 22.5 Å². The van der Waals surface area contributed by atoms with Crippen molar-refractivity contribution in [2.45, 2.75) is 6.54 Å². The van der Waals surface area contributed by atoms with Gasteiger partial charge in [-0.15, -0.1) is 11.3 Å². The molecule has 0 unspecified atom stereocenters. The molecular formula is C8H8N2O2S2. The van der Waals surface area contributed by atoms with Gasteiger partial charge in [0, 0.05) is 12.3 Å². The summed E-state index contributed by atoms with van der Waals surface area (Å²) in [5, 5.41) is 2.37. The van der Waals surface area contributed by atoms with Gasteiger partial charge in [0.25, 0.3) is 5.56 Å². The third-order valence-corrected chi connectivity index (χ3v) is 3.06. The lowest BCUT2D eigenvalue weighted by Gasteiger charge is -2.02. The maximum atomic E-state index is 11.4. The first-order valence-electron chi connectivity index (χ1n) is 4.05. The van der Waals surface area contributed by atoms with E-state index in [4.69, 9.17) is 0 Å². The number of aromatic nitrogens is 2. The van der Waals surface area contributed by atoms with Crippen LogP contribution in [0.3, 0.4) is 0 Å². The van der Waals surface area contributed by atoms with E-state index in [0.717, 1.165) is 0 Å². The molecule has 2 aromatic heterocycles. The fraction of sp³-hybridized carbons (Fsp3) is 0.250. The van der Waals surface area contributed by atoms with Gasteiger partial charge in [-0.05, 0) is 11.4 Å². The summed E-state index contributed by atoms with van der Waals surface area (Å²) in [5.74, 6) is 0.568. The summed E-state index contributed by atoms with van der Waals surface area (Å²) >= 11 is 5.46. The minimum Gasteiger partial charge on any atom is -0.284 e. The SMILES string of the molecule is O=c1[nH]c(=O)n(CCS)c2sccc12. The molecule has 0 amide bonds. The van der Waals surface area contributed by atoms with Crippen molar-refractivity contribution < 1.29 is 0 Å². The monoisotopic (exact) mass is 228 g/mol. The van der Waals surface area contributed by atoms with E-state index in [1.807, 2.05) is 0 Å². The summed E-state index contributed by atoms with van der Waals surface area (Å²) in [7, 11) is 0. The Balaban J connectivity index is 2.86. The maximum Gasteiger partial charge on any atom is 0.329 e. The van der Waals surface area contributed by atoms with Crippen LogP contribution in [-0.2, 0) is 6.54 Å². The highest BCUT2D eigenvalue weighted by atomic mass is 32.1. The molecule has 0 fully saturated rings. The number of hydrogen-bond acceptors (Lipinski definition) is 4. The predicted molar refractivity (Wildman–Crippen MR) is 60.6 cm³/mol. The molecule has 4 nitrogen and oxygen atoms in total. The van der Waals surface area contributed by atoms with Gasteiger partial charge in [0.2, 0.25) is 0 Å². The van der Waals surface area contributed by atoms with Crippen molar-refractivity contribution >= 4 is 34.2 Å². The van der Waals surface area contributed by atoms with Gasteiger partial charge < -0.3 is 0 Å². The van der Waals surface area contributed by atoms with Crippen LogP contribution in [0.4, 0.5) is 0 Å². The highest BCUT2D eigenvalue weighted by molar-refractivity contribution is 7.80. The quantitative estimate of drug-likeness (QED) is 0.743. The van der Waals surface area contributed by atoms with Crippen LogP contribution in [0.5, 0.6) is 0 Å². The summed E-state index contributed by atoms with van der Waals surface area (Å²) in [6.07, 6.45) is 0. The number of thiol groups is 1. The van der Waals surface area contributed by atoms with E-state index >= 15 is 0 Å². The fourth-order valence-electron chi connectivity index (χ4n) is 1.31. The van der Waals surface area contributed by atoms with Gasteiger partial charge in [-0.2, -0.15) is 12.6 Å². The van der Waals surface area contributed by atoms with Crippen molar-refractivity contribution in [2.24, 2.45) is 0 Å². The van der Waals surface area contributed by atoms with Gasteiger partial charge in [-0.25, -0.2) is 4.79 Å². The molecule has 0 aromatic carbocycles. The fourth-order valence-corrected chi connectivity index (χ4v) is 2.43. The van der Waals surface area contributed by atoms with Crippen LogP contribution in [-0.4, -0.2) is 15.3 Å². The second kappa shape index (κ2) is 3.62. The molecule has 0 aliphatic carbocycles. The first-order chi connectivity index (χ1) is 6.74. The zero-order valence-corrected chi connectivity index (χ0v) is 8.90. The summed E-state index contributed by atoms with van der Waals surface area (Å²) in [5.41, 5.74) is -0.680. The molecule has 1 N–H and O–H groups in total. The van der Waals surface area contributed by atoms with Crippen LogP contribution in [0.25, 0.3) is 10.2 Å². The smallest absolute Gasteiger partial charge is 0.284 e. The Labute approximate surface area is 88.6 Å². The van der Waals surface area contributed by atoms with Crippen molar-refractivity contribution in [3.05, 3.63) is 32.3 Å². The molecule has 2 aromatic rings. The van der Waals surface area contributed by atoms with Crippen LogP contribution in [0, 0.1) is 0 Å². The third kappa shape index (κ3) is 1.40. The standard InChI is InChI=1S/C8H8N2O2S2/c11-6-5-1-4-14-7(5)10(2-3-13)8(12)9-6/h1,4,13H,2-3H2,(H,9,11,12). The van der Waals surface area contributed by atoms with Crippen molar-refractivity contribution in [1.29, 1.82) is 0 Å². The zero-order chi connectivity index (χ0) is 10.1. The number of nitrogens with zero attached hydrogens (tertiary/aromatic N) is 1. The zero-order valence-electron chi connectivity index (χ0n) is 7.19. The molecule has 0 radical (unpaired) electrons. The van der Waals surface area contributed by atoms with E-state index in [-0.39, 0.29) is 11.2 Å². The Morgan fingerprint density at radius 2 is 2.29 bits per heavy atom. The average molecular weight is 228 g/mol. The molecule has 74 valence electrons. The van der Waals surface area contributed by atoms with Crippen molar-refractivity contribution in [2.75, 3.05) is 5.75 Å². The lowest BCUT2D eigenvalue weighted by atomic mass is 10.4. The summed E-state index contributed by atoms with van der Waals surface area (Å²) in [4.78, 5) is 25.8. The Hall–Kier alpha value is -1.01. The first-order valence-corrected chi connectivity index (χ1v) is 5.56. The Kier molecular flexibility index (Phi) is 2.47. The van der Waals surface area contributed by atoms with Crippen LogP contribution < -0.4 is 11.2 Å². The van der Waals surface area contributed by atoms with E-state index in [1.165, 1.54) is 15.9 Å². The molecule has 0 atom stereocenters. The molecule has 0 bridgehead atoms. The number of thiophene rings is 1. The summed E-state index contributed by atoms with van der Waals surface area (Å²) < 4.78 is 1.54. The number of aromatic amines is 1. The second-order valence-electron chi connectivity index (χ2n) is 2.77.